The Morgan fingerprint density at radius 3 is 2.32 bits per heavy atom. The lowest BCUT2D eigenvalue weighted by Gasteiger charge is -2.31. The van der Waals surface area contributed by atoms with Crippen LogP contribution in [0.15, 0.2) is 41.3 Å². The van der Waals surface area contributed by atoms with E-state index in [9.17, 15) is 13.2 Å². The first-order valence-electron chi connectivity index (χ1n) is 12.0. The van der Waals surface area contributed by atoms with E-state index in [1.165, 1.54) is 17.1 Å². The molecular weight excluding hydrogens is 452 g/mol. The second-order valence-electron chi connectivity index (χ2n) is 9.33. The molecule has 1 heterocycles. The van der Waals surface area contributed by atoms with Gasteiger partial charge in [-0.1, -0.05) is 17.7 Å². The number of hydrogen-bond donors (Lipinski definition) is 1. The summed E-state index contributed by atoms with van der Waals surface area (Å²) in [7, 11) is -1.97. The van der Waals surface area contributed by atoms with Crippen LogP contribution in [0.1, 0.15) is 49.7 Å². The molecule has 0 atom stereocenters. The van der Waals surface area contributed by atoms with Gasteiger partial charge in [-0.05, 0) is 76.1 Å². The zero-order valence-electron chi connectivity index (χ0n) is 20.2. The third-order valence-corrected chi connectivity index (χ3v) is 8.86. The molecule has 0 aromatic heterocycles. The van der Waals surface area contributed by atoms with Crippen LogP contribution in [-0.4, -0.2) is 44.9 Å². The standard InChI is InChI=1S/C26H34N2O5S/c1-18-8-11-25(19(2)16-18)34(30,31)28-14-12-20(13-15-28)26(29)27-21-9-10-23(32-3)24(17-21)33-22-6-4-5-7-22/h8-11,16-17,20,22H,4-7,12-15H2,1-3H3,(H,27,29). The van der Waals surface area contributed by atoms with Gasteiger partial charge in [0.15, 0.2) is 11.5 Å². The summed E-state index contributed by atoms with van der Waals surface area (Å²) >= 11 is 0. The summed E-state index contributed by atoms with van der Waals surface area (Å²) in [6.07, 6.45) is 5.55. The first-order valence-corrected chi connectivity index (χ1v) is 13.4. The summed E-state index contributed by atoms with van der Waals surface area (Å²) in [6, 6.07) is 10.8. The fourth-order valence-electron chi connectivity index (χ4n) is 4.86. The van der Waals surface area contributed by atoms with Gasteiger partial charge in [-0.2, -0.15) is 4.31 Å². The zero-order chi connectivity index (χ0) is 24.3. The van der Waals surface area contributed by atoms with Crippen LogP contribution in [-0.2, 0) is 14.8 Å². The summed E-state index contributed by atoms with van der Waals surface area (Å²) in [4.78, 5) is 13.3. The Morgan fingerprint density at radius 2 is 1.68 bits per heavy atom. The third-order valence-electron chi connectivity index (χ3n) is 6.80. The van der Waals surface area contributed by atoms with Crippen LogP contribution in [0, 0.1) is 19.8 Å². The molecular formula is C26H34N2O5S. The van der Waals surface area contributed by atoms with Crippen LogP contribution in [0.2, 0.25) is 0 Å². The molecule has 34 heavy (non-hydrogen) atoms. The van der Waals surface area contributed by atoms with Gasteiger partial charge < -0.3 is 14.8 Å². The number of methoxy groups -OCH3 is 1. The number of amides is 1. The van der Waals surface area contributed by atoms with E-state index >= 15 is 0 Å². The normalized spacial score (nSPS) is 18.1. The van der Waals surface area contributed by atoms with Crippen molar-refractivity contribution >= 4 is 21.6 Å². The van der Waals surface area contributed by atoms with Crippen molar-refractivity contribution in [1.82, 2.24) is 4.31 Å². The second kappa shape index (κ2) is 10.4. The Labute approximate surface area is 202 Å². The molecule has 1 saturated carbocycles. The number of carbonyl (C=O) groups excluding carboxylic acids is 1. The second-order valence-corrected chi connectivity index (χ2v) is 11.2. The molecule has 2 fully saturated rings. The fraction of sp³-hybridized carbons (Fsp3) is 0.500. The molecule has 2 aromatic rings. The van der Waals surface area contributed by atoms with E-state index in [1.807, 2.05) is 32.0 Å². The van der Waals surface area contributed by atoms with E-state index in [4.69, 9.17) is 9.47 Å². The predicted octanol–water partition coefficient (Wildman–Crippen LogP) is 4.67. The molecule has 184 valence electrons. The summed E-state index contributed by atoms with van der Waals surface area (Å²) in [5.41, 5.74) is 2.43. The first kappa shape index (κ1) is 24.5. The van der Waals surface area contributed by atoms with Gasteiger partial charge in [0.2, 0.25) is 15.9 Å². The Morgan fingerprint density at radius 1 is 0.971 bits per heavy atom. The maximum absolute atomic E-state index is 13.1. The lowest BCUT2D eigenvalue weighted by molar-refractivity contribution is -0.120. The van der Waals surface area contributed by atoms with E-state index in [1.54, 1.807) is 25.3 Å². The Balaban J connectivity index is 1.38. The van der Waals surface area contributed by atoms with Crippen LogP contribution in [0.5, 0.6) is 11.5 Å². The number of anilines is 1. The minimum atomic E-state index is -3.57. The van der Waals surface area contributed by atoms with Crippen LogP contribution >= 0.6 is 0 Å². The maximum Gasteiger partial charge on any atom is 0.243 e. The number of carbonyl (C=O) groups is 1. The highest BCUT2D eigenvalue weighted by Gasteiger charge is 2.33. The number of nitrogens with one attached hydrogen (secondary N) is 1. The highest BCUT2D eigenvalue weighted by molar-refractivity contribution is 7.89. The molecule has 1 saturated heterocycles. The molecule has 7 nitrogen and oxygen atoms in total. The van der Waals surface area contributed by atoms with Gasteiger partial charge in [-0.25, -0.2) is 8.42 Å². The lowest BCUT2D eigenvalue weighted by atomic mass is 9.97. The third kappa shape index (κ3) is 5.39. The largest absolute Gasteiger partial charge is 0.493 e. The van der Waals surface area contributed by atoms with Crippen molar-refractivity contribution in [3.63, 3.8) is 0 Å². The summed E-state index contributed by atoms with van der Waals surface area (Å²) in [6.45, 7) is 4.42. The molecule has 1 aliphatic carbocycles. The van der Waals surface area contributed by atoms with E-state index in [2.05, 4.69) is 5.32 Å². The average Bonchev–Trinajstić information content (AvgIpc) is 3.32. The molecule has 0 unspecified atom stereocenters. The van der Waals surface area contributed by atoms with Crippen molar-refractivity contribution in [3.8, 4) is 11.5 Å². The van der Waals surface area contributed by atoms with Crippen LogP contribution < -0.4 is 14.8 Å². The Bertz CT molecular complexity index is 1130. The molecule has 0 spiro atoms. The number of sulfonamides is 1. The Hall–Kier alpha value is -2.58. The maximum atomic E-state index is 13.1. The minimum absolute atomic E-state index is 0.0967. The summed E-state index contributed by atoms with van der Waals surface area (Å²) < 4.78 is 39.3. The fourth-order valence-corrected chi connectivity index (χ4v) is 6.54. The van der Waals surface area contributed by atoms with Gasteiger partial charge in [0.25, 0.3) is 0 Å². The quantitative estimate of drug-likeness (QED) is 0.615. The van der Waals surface area contributed by atoms with E-state index in [0.717, 1.165) is 24.0 Å². The van der Waals surface area contributed by atoms with Crippen molar-refractivity contribution in [2.75, 3.05) is 25.5 Å². The topological polar surface area (TPSA) is 84.9 Å². The van der Waals surface area contributed by atoms with Gasteiger partial charge in [0.05, 0.1) is 18.1 Å². The highest BCUT2D eigenvalue weighted by atomic mass is 32.2. The molecule has 1 aliphatic heterocycles. The lowest BCUT2D eigenvalue weighted by Crippen LogP contribution is -2.41. The number of hydrogen-bond acceptors (Lipinski definition) is 5. The van der Waals surface area contributed by atoms with Crippen LogP contribution in [0.4, 0.5) is 5.69 Å². The summed E-state index contributed by atoms with van der Waals surface area (Å²) in [5, 5.41) is 2.99. The molecule has 4 rings (SSSR count). The number of benzene rings is 2. The van der Waals surface area contributed by atoms with Crippen LogP contribution in [0.25, 0.3) is 0 Å². The van der Waals surface area contributed by atoms with Crippen molar-refractivity contribution < 1.29 is 22.7 Å². The van der Waals surface area contributed by atoms with Gasteiger partial charge in [0, 0.05) is 30.8 Å². The van der Waals surface area contributed by atoms with Crippen molar-refractivity contribution in [1.29, 1.82) is 0 Å². The molecule has 0 bridgehead atoms. The van der Waals surface area contributed by atoms with Gasteiger partial charge in [-0.3, -0.25) is 4.79 Å². The number of ether oxygens (including phenoxy) is 2. The SMILES string of the molecule is COc1ccc(NC(=O)C2CCN(S(=O)(=O)c3ccc(C)cc3C)CC2)cc1OC1CCCC1. The molecule has 2 aliphatic rings. The molecule has 0 radical (unpaired) electrons. The first-order chi connectivity index (χ1) is 16.3. The van der Waals surface area contributed by atoms with E-state index in [-0.39, 0.29) is 17.9 Å². The van der Waals surface area contributed by atoms with E-state index < -0.39 is 10.0 Å². The predicted molar refractivity (Wildman–Crippen MR) is 132 cm³/mol. The monoisotopic (exact) mass is 486 g/mol. The molecule has 1 N–H and O–H groups in total. The smallest absolute Gasteiger partial charge is 0.243 e. The van der Waals surface area contributed by atoms with Gasteiger partial charge in [0.1, 0.15) is 0 Å². The molecule has 8 heteroatoms. The highest BCUT2D eigenvalue weighted by Crippen LogP contribution is 2.34. The number of rotatable bonds is 7. The van der Waals surface area contributed by atoms with Crippen molar-refractivity contribution in [2.45, 2.75) is 63.4 Å². The van der Waals surface area contributed by atoms with Crippen molar-refractivity contribution in [3.05, 3.63) is 47.5 Å². The summed E-state index contributed by atoms with van der Waals surface area (Å²) in [5.74, 6) is 0.948. The van der Waals surface area contributed by atoms with Gasteiger partial charge in [-0.15, -0.1) is 0 Å². The zero-order valence-corrected chi connectivity index (χ0v) is 21.0. The number of aryl methyl sites for hydroxylation is 2. The molecule has 1 amide bonds. The number of nitrogens with zero attached hydrogens (tertiary/aromatic N) is 1. The van der Waals surface area contributed by atoms with Crippen molar-refractivity contribution in [2.24, 2.45) is 5.92 Å². The average molecular weight is 487 g/mol. The van der Waals surface area contributed by atoms with E-state index in [0.29, 0.717) is 48.0 Å². The minimum Gasteiger partial charge on any atom is -0.493 e. The Kier molecular flexibility index (Phi) is 7.48. The van der Waals surface area contributed by atoms with Gasteiger partial charge >= 0.3 is 0 Å². The number of piperidine rings is 1. The molecule has 2 aromatic carbocycles. The van der Waals surface area contributed by atoms with Crippen LogP contribution in [0.3, 0.4) is 0 Å².